The second-order valence-corrected chi connectivity index (χ2v) is 7.28. The van der Waals surface area contributed by atoms with Crippen molar-refractivity contribution in [3.05, 3.63) is 35.9 Å². The second-order valence-electron chi connectivity index (χ2n) is 6.29. The number of carbonyl (C=O) groups is 4. The number of nitrogens with two attached hydrogens (primary N) is 1. The van der Waals surface area contributed by atoms with E-state index in [0.29, 0.717) is 12.2 Å². The molecular formula is C19H27N3O5S. The molecule has 5 N–H and O–H groups in total. The molecule has 2 amide bonds. The van der Waals surface area contributed by atoms with Crippen LogP contribution in [0.1, 0.15) is 18.4 Å². The van der Waals surface area contributed by atoms with E-state index >= 15 is 0 Å². The lowest BCUT2D eigenvalue weighted by Crippen LogP contribution is -2.45. The van der Waals surface area contributed by atoms with Crippen LogP contribution in [0.3, 0.4) is 0 Å². The molecule has 9 heteroatoms. The maximum absolute atomic E-state index is 12.7. The van der Waals surface area contributed by atoms with Crippen LogP contribution < -0.4 is 16.4 Å². The molecule has 1 aromatic rings. The first-order valence-corrected chi connectivity index (χ1v) is 10.3. The summed E-state index contributed by atoms with van der Waals surface area (Å²) in [6.07, 6.45) is 2.33. The van der Waals surface area contributed by atoms with E-state index < -0.39 is 29.7 Å². The van der Waals surface area contributed by atoms with Crippen molar-refractivity contribution in [1.29, 1.82) is 0 Å². The lowest BCUT2D eigenvalue weighted by atomic mass is 9.93. The summed E-state index contributed by atoms with van der Waals surface area (Å²) in [7, 11) is 0. The fraction of sp³-hybridized carbons (Fsp3) is 0.474. The molecule has 1 aromatic carbocycles. The molecule has 0 heterocycles. The molecule has 0 aromatic heterocycles. The van der Waals surface area contributed by atoms with Gasteiger partial charge in [0.05, 0.1) is 13.1 Å². The molecule has 8 nitrogen and oxygen atoms in total. The summed E-state index contributed by atoms with van der Waals surface area (Å²) in [5.74, 6) is -2.53. The van der Waals surface area contributed by atoms with Crippen LogP contribution in [0.15, 0.2) is 30.3 Å². The van der Waals surface area contributed by atoms with Crippen LogP contribution in [0.25, 0.3) is 0 Å². The molecule has 0 aliphatic heterocycles. The SMILES string of the molecule is CSCC[C@H](NC(=O)[C@@H](CC(=O)CNC(=O)CN)Cc1ccccc1)C(=O)O. The molecule has 2 atom stereocenters. The van der Waals surface area contributed by atoms with Gasteiger partial charge in [-0.15, -0.1) is 0 Å². The molecule has 0 bridgehead atoms. The van der Waals surface area contributed by atoms with Crippen molar-refractivity contribution < 1.29 is 24.3 Å². The van der Waals surface area contributed by atoms with Crippen LogP contribution in [0, 0.1) is 5.92 Å². The Balaban J connectivity index is 2.83. The normalized spacial score (nSPS) is 12.6. The molecule has 0 saturated heterocycles. The number of benzene rings is 1. The summed E-state index contributed by atoms with van der Waals surface area (Å²) in [5, 5.41) is 14.3. The van der Waals surface area contributed by atoms with E-state index in [1.165, 1.54) is 11.8 Å². The van der Waals surface area contributed by atoms with Crippen molar-refractivity contribution in [2.75, 3.05) is 25.1 Å². The average Bonchev–Trinajstić information content (AvgIpc) is 2.69. The Labute approximate surface area is 168 Å². The number of aliphatic carboxylic acids is 1. The van der Waals surface area contributed by atoms with E-state index in [4.69, 9.17) is 5.73 Å². The quantitative estimate of drug-likeness (QED) is 0.365. The molecule has 0 fully saturated rings. The highest BCUT2D eigenvalue weighted by molar-refractivity contribution is 7.98. The van der Waals surface area contributed by atoms with Gasteiger partial charge in [0.25, 0.3) is 0 Å². The van der Waals surface area contributed by atoms with Crippen molar-refractivity contribution in [3.8, 4) is 0 Å². The second kappa shape index (κ2) is 12.9. The highest BCUT2D eigenvalue weighted by Gasteiger charge is 2.27. The molecule has 154 valence electrons. The van der Waals surface area contributed by atoms with Crippen molar-refractivity contribution in [2.45, 2.75) is 25.3 Å². The Morgan fingerprint density at radius 2 is 1.86 bits per heavy atom. The number of amides is 2. The largest absolute Gasteiger partial charge is 0.480 e. The summed E-state index contributed by atoms with van der Waals surface area (Å²) in [6, 6.07) is 8.16. The molecule has 28 heavy (non-hydrogen) atoms. The number of thioether (sulfide) groups is 1. The average molecular weight is 410 g/mol. The number of carboxylic acids is 1. The number of hydrogen-bond donors (Lipinski definition) is 4. The fourth-order valence-electron chi connectivity index (χ4n) is 2.56. The Bertz CT molecular complexity index is 669. The Morgan fingerprint density at radius 3 is 2.43 bits per heavy atom. The highest BCUT2D eigenvalue weighted by Crippen LogP contribution is 2.14. The van der Waals surface area contributed by atoms with Crippen LogP contribution in [-0.2, 0) is 25.6 Å². The molecule has 0 aliphatic rings. The van der Waals surface area contributed by atoms with E-state index in [0.717, 1.165) is 5.56 Å². The third-order valence-corrected chi connectivity index (χ3v) is 4.71. The van der Waals surface area contributed by atoms with Crippen LogP contribution in [0.4, 0.5) is 0 Å². The number of nitrogens with one attached hydrogen (secondary N) is 2. The summed E-state index contributed by atoms with van der Waals surface area (Å²) in [4.78, 5) is 47.5. The molecule has 0 unspecified atom stereocenters. The smallest absolute Gasteiger partial charge is 0.326 e. The molecule has 1 rings (SSSR count). The van der Waals surface area contributed by atoms with E-state index in [1.54, 1.807) is 0 Å². The molecule has 0 spiro atoms. The van der Waals surface area contributed by atoms with Gasteiger partial charge in [-0.2, -0.15) is 11.8 Å². The number of rotatable bonds is 13. The standard InChI is InChI=1S/C19H27N3O5S/c1-28-8-7-16(19(26)27)22-18(25)14(9-13-5-3-2-4-6-13)10-15(23)12-21-17(24)11-20/h2-6,14,16H,7-12,20H2,1H3,(H,21,24)(H,22,25)(H,26,27)/t14-,16+/m1/s1. The number of ketones is 1. The third-order valence-electron chi connectivity index (χ3n) is 4.06. The number of carboxylic acid groups (broad SMARTS) is 1. The van der Waals surface area contributed by atoms with Gasteiger partial charge in [0, 0.05) is 12.3 Å². The van der Waals surface area contributed by atoms with Crippen LogP contribution in [-0.4, -0.2) is 59.8 Å². The topological polar surface area (TPSA) is 139 Å². The number of carbonyl (C=O) groups excluding carboxylic acids is 3. The Kier molecular flexibility index (Phi) is 10.9. The van der Waals surface area contributed by atoms with Gasteiger partial charge < -0.3 is 21.5 Å². The maximum Gasteiger partial charge on any atom is 0.326 e. The molecule has 0 saturated carbocycles. The van der Waals surface area contributed by atoms with Gasteiger partial charge in [0.1, 0.15) is 6.04 Å². The van der Waals surface area contributed by atoms with Gasteiger partial charge in [-0.3, -0.25) is 14.4 Å². The lowest BCUT2D eigenvalue weighted by molar-refractivity contribution is -0.142. The zero-order chi connectivity index (χ0) is 20.9. The predicted octanol–water partition coefficient (Wildman–Crippen LogP) is 0.202. The summed E-state index contributed by atoms with van der Waals surface area (Å²) in [6.45, 7) is -0.444. The Morgan fingerprint density at radius 1 is 1.18 bits per heavy atom. The van der Waals surface area contributed by atoms with E-state index in [2.05, 4.69) is 10.6 Å². The van der Waals surface area contributed by atoms with Gasteiger partial charge in [0.15, 0.2) is 5.78 Å². The first-order valence-electron chi connectivity index (χ1n) is 8.91. The highest BCUT2D eigenvalue weighted by atomic mass is 32.2. The number of hydrogen-bond acceptors (Lipinski definition) is 6. The third kappa shape index (κ3) is 9.01. The van der Waals surface area contributed by atoms with E-state index in [1.807, 2.05) is 36.6 Å². The summed E-state index contributed by atoms with van der Waals surface area (Å²) < 4.78 is 0. The van der Waals surface area contributed by atoms with Crippen molar-refractivity contribution in [2.24, 2.45) is 11.7 Å². The van der Waals surface area contributed by atoms with E-state index in [9.17, 15) is 24.3 Å². The summed E-state index contributed by atoms with van der Waals surface area (Å²) >= 11 is 1.49. The van der Waals surface area contributed by atoms with Crippen LogP contribution in [0.2, 0.25) is 0 Å². The minimum Gasteiger partial charge on any atom is -0.480 e. The monoisotopic (exact) mass is 409 g/mol. The zero-order valence-electron chi connectivity index (χ0n) is 15.8. The zero-order valence-corrected chi connectivity index (χ0v) is 16.7. The molecule has 0 radical (unpaired) electrons. The minimum absolute atomic E-state index is 0.111. The predicted molar refractivity (Wildman–Crippen MR) is 108 cm³/mol. The van der Waals surface area contributed by atoms with Crippen LogP contribution >= 0.6 is 11.8 Å². The summed E-state index contributed by atoms with van der Waals surface area (Å²) in [5.41, 5.74) is 6.05. The minimum atomic E-state index is -1.11. The van der Waals surface area contributed by atoms with Gasteiger partial charge in [0.2, 0.25) is 11.8 Å². The van der Waals surface area contributed by atoms with Gasteiger partial charge in [-0.25, -0.2) is 4.79 Å². The van der Waals surface area contributed by atoms with Crippen LogP contribution in [0.5, 0.6) is 0 Å². The molecular weight excluding hydrogens is 382 g/mol. The number of Topliss-reactive ketones (excluding diaryl/α,β-unsaturated/α-hetero) is 1. The first-order chi connectivity index (χ1) is 13.4. The van der Waals surface area contributed by atoms with E-state index in [-0.39, 0.29) is 31.7 Å². The Hall–Kier alpha value is -2.39. The van der Waals surface area contributed by atoms with Gasteiger partial charge in [-0.05, 0) is 30.4 Å². The fourth-order valence-corrected chi connectivity index (χ4v) is 3.03. The van der Waals surface area contributed by atoms with Crippen molar-refractivity contribution in [1.82, 2.24) is 10.6 Å². The maximum atomic E-state index is 12.7. The molecule has 0 aliphatic carbocycles. The van der Waals surface area contributed by atoms with Crippen molar-refractivity contribution in [3.63, 3.8) is 0 Å². The lowest BCUT2D eigenvalue weighted by Gasteiger charge is -2.20. The first kappa shape index (κ1) is 23.6. The van der Waals surface area contributed by atoms with Gasteiger partial charge in [-0.1, -0.05) is 30.3 Å². The van der Waals surface area contributed by atoms with Crippen molar-refractivity contribution >= 4 is 35.3 Å². The van der Waals surface area contributed by atoms with Gasteiger partial charge >= 0.3 is 5.97 Å².